The van der Waals surface area contributed by atoms with Gasteiger partial charge in [0.15, 0.2) is 6.61 Å². The van der Waals surface area contributed by atoms with E-state index < -0.39 is 47.9 Å². The minimum Gasteiger partial charge on any atom is -0.454 e. The number of nitrogens with zero attached hydrogens (tertiary/aromatic N) is 2. The summed E-state index contributed by atoms with van der Waals surface area (Å²) in [4.78, 5) is 35.3. The Morgan fingerprint density at radius 1 is 1.26 bits per heavy atom. The van der Waals surface area contributed by atoms with E-state index in [2.05, 4.69) is 11.4 Å². The number of amides is 1. The van der Waals surface area contributed by atoms with Crippen LogP contribution in [0.15, 0.2) is 23.1 Å². The maximum atomic E-state index is 12.7. The SMILES string of the molecule is N#CC1(NC(=O)COC(=O)Cn2cc(C(F)(F)F)ccc2=O)CCCCC1. The number of alkyl halides is 3. The number of carbonyl (C=O) groups is 2. The molecule has 1 aromatic heterocycles. The number of ether oxygens (including phenoxy) is 1. The van der Waals surface area contributed by atoms with Crippen LogP contribution in [-0.4, -0.2) is 28.6 Å². The zero-order chi connectivity index (χ0) is 20.1. The lowest BCUT2D eigenvalue weighted by atomic mass is 9.83. The summed E-state index contributed by atoms with van der Waals surface area (Å²) in [6.45, 7) is -1.45. The van der Waals surface area contributed by atoms with Crippen LogP contribution < -0.4 is 10.9 Å². The molecule has 27 heavy (non-hydrogen) atoms. The maximum Gasteiger partial charge on any atom is 0.417 e. The summed E-state index contributed by atoms with van der Waals surface area (Å²) in [7, 11) is 0. The number of aromatic nitrogens is 1. The molecule has 0 radical (unpaired) electrons. The third-order valence-corrected chi connectivity index (χ3v) is 4.27. The number of pyridine rings is 1. The zero-order valence-corrected chi connectivity index (χ0v) is 14.3. The summed E-state index contributed by atoms with van der Waals surface area (Å²) < 4.78 is 43.3. The second-order valence-corrected chi connectivity index (χ2v) is 6.35. The minimum atomic E-state index is -4.66. The van der Waals surface area contributed by atoms with Gasteiger partial charge in [-0.15, -0.1) is 0 Å². The van der Waals surface area contributed by atoms with Crippen LogP contribution in [0.1, 0.15) is 37.7 Å². The molecule has 0 spiro atoms. The van der Waals surface area contributed by atoms with Crippen molar-refractivity contribution < 1.29 is 27.5 Å². The van der Waals surface area contributed by atoms with Gasteiger partial charge >= 0.3 is 12.1 Å². The van der Waals surface area contributed by atoms with Gasteiger partial charge < -0.3 is 14.6 Å². The molecule has 1 aromatic rings. The Hall–Kier alpha value is -2.83. The third kappa shape index (κ3) is 5.57. The first-order valence-electron chi connectivity index (χ1n) is 8.31. The lowest BCUT2D eigenvalue weighted by molar-refractivity contribution is -0.149. The van der Waals surface area contributed by atoms with Gasteiger partial charge in [-0.1, -0.05) is 19.3 Å². The van der Waals surface area contributed by atoms with Crippen molar-refractivity contribution in [2.24, 2.45) is 0 Å². The molecule has 1 fully saturated rings. The zero-order valence-electron chi connectivity index (χ0n) is 14.3. The molecule has 1 amide bonds. The van der Waals surface area contributed by atoms with Crippen LogP contribution in [0.25, 0.3) is 0 Å². The Morgan fingerprint density at radius 3 is 2.52 bits per heavy atom. The number of halogens is 3. The van der Waals surface area contributed by atoms with Crippen LogP contribution in [0.2, 0.25) is 0 Å². The van der Waals surface area contributed by atoms with Gasteiger partial charge in [0, 0.05) is 12.3 Å². The van der Waals surface area contributed by atoms with Gasteiger partial charge in [0.05, 0.1) is 11.6 Å². The highest BCUT2D eigenvalue weighted by atomic mass is 19.4. The van der Waals surface area contributed by atoms with E-state index in [0.29, 0.717) is 35.7 Å². The highest BCUT2D eigenvalue weighted by Gasteiger charge is 2.34. The summed E-state index contributed by atoms with van der Waals surface area (Å²) in [6.07, 6.45) is -0.578. The number of esters is 1. The molecule has 0 aliphatic heterocycles. The van der Waals surface area contributed by atoms with Gasteiger partial charge in [0.2, 0.25) is 0 Å². The topological polar surface area (TPSA) is 101 Å². The van der Waals surface area contributed by atoms with E-state index in [9.17, 15) is 32.8 Å². The van der Waals surface area contributed by atoms with Gasteiger partial charge in [-0.05, 0) is 18.9 Å². The molecule has 0 aromatic carbocycles. The normalized spacial score (nSPS) is 16.2. The van der Waals surface area contributed by atoms with Crippen molar-refractivity contribution in [2.75, 3.05) is 6.61 Å². The molecule has 0 bridgehead atoms. The fourth-order valence-corrected chi connectivity index (χ4v) is 2.88. The summed E-state index contributed by atoms with van der Waals surface area (Å²) in [5, 5.41) is 11.8. The minimum absolute atomic E-state index is 0.503. The largest absolute Gasteiger partial charge is 0.454 e. The average Bonchev–Trinajstić information content (AvgIpc) is 2.61. The second kappa shape index (κ2) is 8.24. The van der Waals surface area contributed by atoms with Crippen molar-refractivity contribution in [1.82, 2.24) is 9.88 Å². The molecule has 1 aliphatic carbocycles. The molecule has 0 saturated heterocycles. The van der Waals surface area contributed by atoms with E-state index in [1.54, 1.807) is 0 Å². The summed E-state index contributed by atoms with van der Waals surface area (Å²) in [5.74, 6) is -1.72. The van der Waals surface area contributed by atoms with E-state index in [-0.39, 0.29) is 0 Å². The lowest BCUT2D eigenvalue weighted by Gasteiger charge is -2.31. The Balaban J connectivity index is 1.92. The number of nitriles is 1. The molecule has 1 saturated carbocycles. The molecule has 2 rings (SSSR count). The quantitative estimate of drug-likeness (QED) is 0.779. The summed E-state index contributed by atoms with van der Waals surface area (Å²) >= 11 is 0. The van der Waals surface area contributed by atoms with E-state index in [0.717, 1.165) is 19.3 Å². The van der Waals surface area contributed by atoms with Gasteiger partial charge in [0.25, 0.3) is 11.5 Å². The number of hydrogen-bond donors (Lipinski definition) is 1. The highest BCUT2D eigenvalue weighted by molar-refractivity contribution is 5.81. The first-order valence-corrected chi connectivity index (χ1v) is 8.31. The monoisotopic (exact) mass is 385 g/mol. The smallest absolute Gasteiger partial charge is 0.417 e. The Kier molecular flexibility index (Phi) is 6.25. The van der Waals surface area contributed by atoms with Gasteiger partial charge in [-0.2, -0.15) is 18.4 Å². The van der Waals surface area contributed by atoms with Gasteiger partial charge in [-0.25, -0.2) is 0 Å². The van der Waals surface area contributed by atoms with Crippen molar-refractivity contribution in [2.45, 2.75) is 50.4 Å². The van der Waals surface area contributed by atoms with Crippen molar-refractivity contribution in [3.8, 4) is 6.07 Å². The number of rotatable bonds is 5. The van der Waals surface area contributed by atoms with Crippen molar-refractivity contribution in [1.29, 1.82) is 5.26 Å². The predicted molar refractivity (Wildman–Crippen MR) is 86.2 cm³/mol. The number of carbonyl (C=O) groups excluding carboxylic acids is 2. The van der Waals surface area contributed by atoms with E-state index in [1.165, 1.54) is 0 Å². The summed E-state index contributed by atoms with van der Waals surface area (Å²) in [6, 6.07) is 3.39. The average molecular weight is 385 g/mol. The Bertz CT molecular complexity index is 805. The molecular formula is C17H18F3N3O4. The fourth-order valence-electron chi connectivity index (χ4n) is 2.88. The van der Waals surface area contributed by atoms with Crippen LogP contribution in [0.4, 0.5) is 13.2 Å². The molecule has 7 nitrogen and oxygen atoms in total. The molecule has 146 valence electrons. The van der Waals surface area contributed by atoms with Crippen LogP contribution in [0.3, 0.4) is 0 Å². The van der Waals surface area contributed by atoms with Crippen molar-refractivity contribution in [3.05, 3.63) is 34.2 Å². The fraction of sp³-hybridized carbons (Fsp3) is 0.529. The first-order chi connectivity index (χ1) is 12.6. The molecule has 1 heterocycles. The highest BCUT2D eigenvalue weighted by Crippen LogP contribution is 2.28. The lowest BCUT2D eigenvalue weighted by Crippen LogP contribution is -2.50. The van der Waals surface area contributed by atoms with Crippen molar-refractivity contribution in [3.63, 3.8) is 0 Å². The maximum absolute atomic E-state index is 12.7. The molecule has 1 aliphatic rings. The van der Waals surface area contributed by atoms with Crippen LogP contribution >= 0.6 is 0 Å². The third-order valence-electron chi connectivity index (χ3n) is 4.27. The van der Waals surface area contributed by atoms with E-state index in [4.69, 9.17) is 4.74 Å². The van der Waals surface area contributed by atoms with Crippen molar-refractivity contribution >= 4 is 11.9 Å². The number of nitrogens with one attached hydrogen (secondary N) is 1. The second-order valence-electron chi connectivity index (χ2n) is 6.35. The van der Waals surface area contributed by atoms with E-state index in [1.807, 2.05) is 0 Å². The molecular weight excluding hydrogens is 367 g/mol. The van der Waals surface area contributed by atoms with Crippen LogP contribution in [0, 0.1) is 11.3 Å². The standard InChI is InChI=1S/C17H18F3N3O4/c18-17(19,20)12-4-5-14(25)23(8-12)9-15(26)27-10-13(24)22-16(11-21)6-2-1-3-7-16/h4-5,8H,1-3,6-7,9-10H2,(H,22,24). The predicted octanol–water partition coefficient (Wildman–Crippen LogP) is 1.75. The Morgan fingerprint density at radius 2 is 1.93 bits per heavy atom. The van der Waals surface area contributed by atoms with Crippen LogP contribution in [-0.2, 0) is 27.0 Å². The molecule has 0 atom stereocenters. The number of hydrogen-bond acceptors (Lipinski definition) is 5. The van der Waals surface area contributed by atoms with Crippen LogP contribution in [0.5, 0.6) is 0 Å². The van der Waals surface area contributed by atoms with E-state index >= 15 is 0 Å². The first kappa shape index (κ1) is 20.5. The van der Waals surface area contributed by atoms with Gasteiger partial charge in [-0.3, -0.25) is 14.4 Å². The Labute approximate surface area is 152 Å². The molecule has 10 heteroatoms. The summed E-state index contributed by atoms with van der Waals surface area (Å²) in [5.41, 5.74) is -2.88. The van der Waals surface area contributed by atoms with Gasteiger partial charge in [0.1, 0.15) is 12.1 Å². The molecule has 1 N–H and O–H groups in total. The molecule has 0 unspecified atom stereocenters.